The predicted molar refractivity (Wildman–Crippen MR) is 51.9 cm³/mol. The Morgan fingerprint density at radius 2 is 1.93 bits per heavy atom. The van der Waals surface area contributed by atoms with Gasteiger partial charge in [0.05, 0.1) is 12.7 Å². The SMILES string of the molecule is O=C1CCO[C@H](C2CCCCC2)[C@H]1O. The molecule has 80 valence electrons. The van der Waals surface area contributed by atoms with Crippen molar-refractivity contribution in [2.24, 2.45) is 5.92 Å². The zero-order valence-electron chi connectivity index (χ0n) is 8.45. The molecule has 1 N–H and O–H groups in total. The van der Waals surface area contributed by atoms with Gasteiger partial charge in [0, 0.05) is 6.42 Å². The van der Waals surface area contributed by atoms with E-state index in [1.807, 2.05) is 0 Å². The van der Waals surface area contributed by atoms with Crippen LogP contribution in [0.25, 0.3) is 0 Å². The molecule has 0 aromatic heterocycles. The second-order valence-corrected chi connectivity index (χ2v) is 4.39. The fourth-order valence-electron chi connectivity index (χ4n) is 2.57. The molecular formula is C11H18O3. The minimum absolute atomic E-state index is 0.0353. The van der Waals surface area contributed by atoms with E-state index in [2.05, 4.69) is 0 Å². The molecule has 2 fully saturated rings. The number of aliphatic hydroxyl groups is 1. The van der Waals surface area contributed by atoms with E-state index in [4.69, 9.17) is 4.74 Å². The Balaban J connectivity index is 1.97. The first-order valence-electron chi connectivity index (χ1n) is 5.61. The maximum Gasteiger partial charge on any atom is 0.166 e. The quantitative estimate of drug-likeness (QED) is 0.690. The molecule has 1 aliphatic carbocycles. The monoisotopic (exact) mass is 198 g/mol. The predicted octanol–water partition coefficient (Wildman–Crippen LogP) is 1.29. The molecule has 0 bridgehead atoms. The average Bonchev–Trinajstić information content (AvgIpc) is 2.23. The van der Waals surface area contributed by atoms with Gasteiger partial charge in [-0.3, -0.25) is 4.79 Å². The minimum Gasteiger partial charge on any atom is -0.383 e. The van der Waals surface area contributed by atoms with Crippen molar-refractivity contribution in [3.8, 4) is 0 Å². The molecule has 0 spiro atoms. The number of ether oxygens (including phenoxy) is 1. The Labute approximate surface area is 84.4 Å². The fourth-order valence-corrected chi connectivity index (χ4v) is 2.57. The zero-order chi connectivity index (χ0) is 9.97. The molecule has 1 saturated carbocycles. The van der Waals surface area contributed by atoms with Crippen molar-refractivity contribution >= 4 is 5.78 Å². The minimum atomic E-state index is -0.855. The highest BCUT2D eigenvalue weighted by Crippen LogP contribution is 2.31. The van der Waals surface area contributed by atoms with Crippen LogP contribution >= 0.6 is 0 Å². The Morgan fingerprint density at radius 3 is 2.64 bits per heavy atom. The lowest BCUT2D eigenvalue weighted by Gasteiger charge is -2.35. The molecule has 1 heterocycles. The largest absolute Gasteiger partial charge is 0.383 e. The molecule has 14 heavy (non-hydrogen) atoms. The molecule has 2 aliphatic rings. The number of carbonyl (C=O) groups is 1. The van der Waals surface area contributed by atoms with Crippen LogP contribution in [0.2, 0.25) is 0 Å². The van der Waals surface area contributed by atoms with Gasteiger partial charge in [-0.25, -0.2) is 0 Å². The van der Waals surface area contributed by atoms with Crippen LogP contribution in [0.3, 0.4) is 0 Å². The van der Waals surface area contributed by atoms with E-state index >= 15 is 0 Å². The second-order valence-electron chi connectivity index (χ2n) is 4.39. The van der Waals surface area contributed by atoms with Gasteiger partial charge >= 0.3 is 0 Å². The highest BCUT2D eigenvalue weighted by Gasteiger charge is 2.36. The molecule has 2 atom stereocenters. The van der Waals surface area contributed by atoms with Crippen molar-refractivity contribution in [1.82, 2.24) is 0 Å². The van der Waals surface area contributed by atoms with E-state index in [0.29, 0.717) is 18.9 Å². The van der Waals surface area contributed by atoms with Crippen LogP contribution in [-0.4, -0.2) is 29.7 Å². The van der Waals surface area contributed by atoms with Crippen molar-refractivity contribution in [2.45, 2.75) is 50.7 Å². The van der Waals surface area contributed by atoms with Crippen LogP contribution in [0, 0.1) is 5.92 Å². The zero-order valence-corrected chi connectivity index (χ0v) is 8.45. The van der Waals surface area contributed by atoms with Gasteiger partial charge in [0.1, 0.15) is 6.10 Å². The molecule has 0 aromatic rings. The van der Waals surface area contributed by atoms with Crippen LogP contribution in [-0.2, 0) is 9.53 Å². The maximum absolute atomic E-state index is 11.3. The molecule has 0 aromatic carbocycles. The van der Waals surface area contributed by atoms with Gasteiger partial charge in [-0.05, 0) is 18.8 Å². The highest BCUT2D eigenvalue weighted by molar-refractivity contribution is 5.84. The van der Waals surface area contributed by atoms with Crippen LogP contribution in [0.1, 0.15) is 38.5 Å². The van der Waals surface area contributed by atoms with Crippen molar-refractivity contribution in [3.05, 3.63) is 0 Å². The molecular weight excluding hydrogens is 180 g/mol. The molecule has 3 nitrogen and oxygen atoms in total. The lowest BCUT2D eigenvalue weighted by molar-refractivity contribution is -0.153. The van der Waals surface area contributed by atoms with Crippen LogP contribution in [0.4, 0.5) is 0 Å². The third kappa shape index (κ3) is 1.98. The summed E-state index contributed by atoms with van der Waals surface area (Å²) in [6, 6.07) is 0. The summed E-state index contributed by atoms with van der Waals surface area (Å²) in [5, 5.41) is 9.72. The first-order valence-corrected chi connectivity index (χ1v) is 5.61. The van der Waals surface area contributed by atoms with Gasteiger partial charge in [-0.2, -0.15) is 0 Å². The summed E-state index contributed by atoms with van der Waals surface area (Å²) in [6.07, 6.45) is 5.24. The summed E-state index contributed by atoms with van der Waals surface area (Å²) in [5.41, 5.74) is 0. The van der Waals surface area contributed by atoms with E-state index in [0.717, 1.165) is 12.8 Å². The number of aliphatic hydroxyl groups excluding tert-OH is 1. The highest BCUT2D eigenvalue weighted by atomic mass is 16.5. The standard InChI is InChI=1S/C11H18O3/c12-9-6-7-14-11(10(9)13)8-4-2-1-3-5-8/h8,10-11,13H,1-7H2/t10-,11+/m0/s1. The molecule has 0 amide bonds. The summed E-state index contributed by atoms with van der Waals surface area (Å²) < 4.78 is 5.53. The van der Waals surface area contributed by atoms with Gasteiger partial charge in [0.25, 0.3) is 0 Å². The van der Waals surface area contributed by atoms with Crippen molar-refractivity contribution in [3.63, 3.8) is 0 Å². The molecule has 0 radical (unpaired) electrons. The lowest BCUT2D eigenvalue weighted by atomic mass is 9.81. The normalized spacial score (nSPS) is 35.9. The Bertz CT molecular complexity index is 209. The molecule has 2 rings (SSSR count). The van der Waals surface area contributed by atoms with Gasteiger partial charge in [-0.1, -0.05) is 19.3 Å². The number of hydrogen-bond acceptors (Lipinski definition) is 3. The summed E-state index contributed by atoms with van der Waals surface area (Å²) in [6.45, 7) is 0.497. The smallest absolute Gasteiger partial charge is 0.166 e. The number of hydrogen-bond donors (Lipinski definition) is 1. The van der Waals surface area contributed by atoms with E-state index in [-0.39, 0.29) is 11.9 Å². The van der Waals surface area contributed by atoms with E-state index in [1.54, 1.807) is 0 Å². The maximum atomic E-state index is 11.3. The van der Waals surface area contributed by atoms with Gasteiger partial charge in [0.15, 0.2) is 5.78 Å². The summed E-state index contributed by atoms with van der Waals surface area (Å²) in [5.74, 6) is 0.370. The van der Waals surface area contributed by atoms with Gasteiger partial charge in [0.2, 0.25) is 0 Å². The first kappa shape index (κ1) is 10.1. The van der Waals surface area contributed by atoms with Gasteiger partial charge in [-0.15, -0.1) is 0 Å². The number of carbonyl (C=O) groups excluding carboxylic acids is 1. The van der Waals surface area contributed by atoms with Gasteiger partial charge < -0.3 is 9.84 Å². The third-order valence-corrected chi connectivity index (χ3v) is 3.41. The Kier molecular flexibility index (Phi) is 3.19. The molecule has 1 aliphatic heterocycles. The summed E-state index contributed by atoms with van der Waals surface area (Å²) >= 11 is 0. The van der Waals surface area contributed by atoms with Crippen molar-refractivity contribution in [2.75, 3.05) is 6.61 Å². The van der Waals surface area contributed by atoms with E-state index < -0.39 is 6.10 Å². The van der Waals surface area contributed by atoms with Crippen molar-refractivity contribution < 1.29 is 14.6 Å². The molecule has 3 heteroatoms. The summed E-state index contributed by atoms with van der Waals surface area (Å²) in [4.78, 5) is 11.3. The van der Waals surface area contributed by atoms with Crippen LogP contribution in [0.5, 0.6) is 0 Å². The number of ketones is 1. The van der Waals surface area contributed by atoms with E-state index in [9.17, 15) is 9.90 Å². The fraction of sp³-hybridized carbons (Fsp3) is 0.909. The summed E-state index contributed by atoms with van der Waals surface area (Å²) in [7, 11) is 0. The van der Waals surface area contributed by atoms with E-state index in [1.165, 1.54) is 19.3 Å². The first-order chi connectivity index (χ1) is 6.79. The van der Waals surface area contributed by atoms with Crippen LogP contribution < -0.4 is 0 Å². The second kappa shape index (κ2) is 4.41. The Morgan fingerprint density at radius 1 is 1.21 bits per heavy atom. The molecule has 0 unspecified atom stereocenters. The van der Waals surface area contributed by atoms with Crippen LogP contribution in [0.15, 0.2) is 0 Å². The topological polar surface area (TPSA) is 46.5 Å². The lowest BCUT2D eigenvalue weighted by Crippen LogP contribution is -2.46. The third-order valence-electron chi connectivity index (χ3n) is 3.41. The Hall–Kier alpha value is -0.410. The van der Waals surface area contributed by atoms with Crippen molar-refractivity contribution in [1.29, 1.82) is 0 Å². The number of rotatable bonds is 1. The number of Topliss-reactive ketones (excluding diaryl/α,β-unsaturated/α-hetero) is 1. The molecule has 1 saturated heterocycles. The average molecular weight is 198 g/mol.